The monoisotopic (exact) mass is 530 g/mol. The summed E-state index contributed by atoms with van der Waals surface area (Å²) in [6.07, 6.45) is 8.64. The van der Waals surface area contributed by atoms with Crippen LogP contribution in [0.5, 0.6) is 5.75 Å². The van der Waals surface area contributed by atoms with Crippen LogP contribution in [0.2, 0.25) is 0 Å². The minimum absolute atomic E-state index is 0.165. The maximum absolute atomic E-state index is 6.05. The van der Waals surface area contributed by atoms with Crippen LogP contribution in [-0.2, 0) is 18.3 Å². The maximum atomic E-state index is 6.05. The van der Waals surface area contributed by atoms with Crippen molar-refractivity contribution in [3.8, 4) is 16.9 Å². The van der Waals surface area contributed by atoms with E-state index in [1.54, 1.807) is 0 Å². The standard InChI is InChI=1S/C39H46O/c1-6-29-13-21-34(22-14-29)39(33-11-9-8-10-12-33,35-23-15-30(7-2)16-24-35)36-25-17-31(18-26-36)32-19-27-37(28-20-32)40-38(3,4)5/h13-28,33H,6-12H2,1-5H3. The molecule has 0 aliphatic heterocycles. The van der Waals surface area contributed by atoms with Gasteiger partial charge in [-0.05, 0) is 103 Å². The number of hydrogen-bond acceptors (Lipinski definition) is 1. The zero-order valence-corrected chi connectivity index (χ0v) is 25.2. The molecule has 0 bridgehead atoms. The molecule has 208 valence electrons. The summed E-state index contributed by atoms with van der Waals surface area (Å²) >= 11 is 0. The zero-order valence-electron chi connectivity index (χ0n) is 25.2. The van der Waals surface area contributed by atoms with Crippen LogP contribution < -0.4 is 4.74 Å². The largest absolute Gasteiger partial charge is 0.488 e. The van der Waals surface area contributed by atoms with Crippen LogP contribution in [0.3, 0.4) is 0 Å². The summed E-state index contributed by atoms with van der Waals surface area (Å²) < 4.78 is 6.05. The Morgan fingerprint density at radius 3 is 1.35 bits per heavy atom. The molecule has 1 heteroatoms. The Morgan fingerprint density at radius 2 is 0.950 bits per heavy atom. The fourth-order valence-electron chi connectivity index (χ4n) is 6.74. The molecular weight excluding hydrogens is 484 g/mol. The molecule has 1 aliphatic rings. The molecule has 4 aromatic rings. The van der Waals surface area contributed by atoms with Gasteiger partial charge in [-0.15, -0.1) is 0 Å². The summed E-state index contributed by atoms with van der Waals surface area (Å²) in [5, 5.41) is 0. The molecule has 1 nitrogen and oxygen atoms in total. The van der Waals surface area contributed by atoms with Gasteiger partial charge in [0.1, 0.15) is 11.4 Å². The first-order valence-corrected chi connectivity index (χ1v) is 15.4. The quantitative estimate of drug-likeness (QED) is 0.206. The fraction of sp³-hybridized carbons (Fsp3) is 0.385. The van der Waals surface area contributed by atoms with Crippen molar-refractivity contribution in [2.45, 2.75) is 90.6 Å². The van der Waals surface area contributed by atoms with Gasteiger partial charge in [-0.25, -0.2) is 0 Å². The van der Waals surface area contributed by atoms with Crippen LogP contribution in [0, 0.1) is 5.92 Å². The van der Waals surface area contributed by atoms with E-state index in [2.05, 4.69) is 132 Å². The molecule has 40 heavy (non-hydrogen) atoms. The highest BCUT2D eigenvalue weighted by Crippen LogP contribution is 2.51. The van der Waals surface area contributed by atoms with E-state index >= 15 is 0 Å². The second-order valence-electron chi connectivity index (χ2n) is 12.6. The third-order valence-electron chi connectivity index (χ3n) is 8.80. The van der Waals surface area contributed by atoms with Crippen LogP contribution in [0.1, 0.15) is 94.5 Å². The van der Waals surface area contributed by atoms with E-state index < -0.39 is 0 Å². The van der Waals surface area contributed by atoms with E-state index in [1.165, 1.54) is 71.0 Å². The number of benzene rings is 4. The lowest BCUT2D eigenvalue weighted by Crippen LogP contribution is -2.39. The van der Waals surface area contributed by atoms with Gasteiger partial charge in [-0.3, -0.25) is 0 Å². The Kier molecular flexibility index (Phi) is 8.50. The first kappa shape index (κ1) is 28.2. The topological polar surface area (TPSA) is 9.23 Å². The van der Waals surface area contributed by atoms with E-state index in [0.717, 1.165) is 18.6 Å². The highest BCUT2D eigenvalue weighted by atomic mass is 16.5. The molecule has 0 amide bonds. The molecule has 5 rings (SSSR count). The van der Waals surface area contributed by atoms with Crippen molar-refractivity contribution in [3.05, 3.63) is 125 Å². The summed E-state index contributed by atoms with van der Waals surface area (Å²) in [7, 11) is 0. The number of aryl methyl sites for hydroxylation is 2. The smallest absolute Gasteiger partial charge is 0.120 e. The van der Waals surface area contributed by atoms with Gasteiger partial charge in [0.25, 0.3) is 0 Å². The second-order valence-corrected chi connectivity index (χ2v) is 12.6. The predicted octanol–water partition coefficient (Wildman–Crippen LogP) is 10.6. The molecule has 0 N–H and O–H groups in total. The summed E-state index contributed by atoms with van der Waals surface area (Å²) in [4.78, 5) is 0. The van der Waals surface area contributed by atoms with Crippen LogP contribution >= 0.6 is 0 Å². The first-order valence-electron chi connectivity index (χ1n) is 15.4. The van der Waals surface area contributed by atoms with Crippen molar-refractivity contribution >= 4 is 0 Å². The second kappa shape index (κ2) is 12.0. The van der Waals surface area contributed by atoms with Gasteiger partial charge in [0.2, 0.25) is 0 Å². The minimum Gasteiger partial charge on any atom is -0.488 e. The zero-order chi connectivity index (χ0) is 28.2. The number of ether oxygens (including phenoxy) is 1. The number of hydrogen-bond donors (Lipinski definition) is 0. The van der Waals surface area contributed by atoms with Crippen LogP contribution in [0.25, 0.3) is 11.1 Å². The van der Waals surface area contributed by atoms with Gasteiger partial charge >= 0.3 is 0 Å². The van der Waals surface area contributed by atoms with Gasteiger partial charge in [0.15, 0.2) is 0 Å². The summed E-state index contributed by atoms with van der Waals surface area (Å²) in [6.45, 7) is 10.7. The molecule has 0 unspecified atom stereocenters. The Morgan fingerprint density at radius 1 is 0.550 bits per heavy atom. The Balaban J connectivity index is 1.62. The van der Waals surface area contributed by atoms with Crippen molar-refractivity contribution in [1.82, 2.24) is 0 Å². The Hall–Kier alpha value is -3.32. The van der Waals surface area contributed by atoms with Crippen molar-refractivity contribution in [2.24, 2.45) is 5.92 Å². The van der Waals surface area contributed by atoms with Gasteiger partial charge in [0, 0.05) is 5.41 Å². The van der Waals surface area contributed by atoms with E-state index in [9.17, 15) is 0 Å². The summed E-state index contributed by atoms with van der Waals surface area (Å²) in [5.74, 6) is 1.48. The highest BCUT2D eigenvalue weighted by molar-refractivity contribution is 5.66. The summed E-state index contributed by atoms with van der Waals surface area (Å²) in [6, 6.07) is 37.1. The van der Waals surface area contributed by atoms with Crippen LogP contribution in [0.15, 0.2) is 97.1 Å². The van der Waals surface area contributed by atoms with Gasteiger partial charge in [-0.1, -0.05) is 118 Å². The van der Waals surface area contributed by atoms with E-state index in [4.69, 9.17) is 4.74 Å². The lowest BCUT2D eigenvalue weighted by Gasteiger charge is -2.45. The van der Waals surface area contributed by atoms with Gasteiger partial charge in [-0.2, -0.15) is 0 Å². The van der Waals surface area contributed by atoms with Crippen molar-refractivity contribution < 1.29 is 4.74 Å². The molecule has 0 radical (unpaired) electrons. The third-order valence-corrected chi connectivity index (χ3v) is 8.80. The predicted molar refractivity (Wildman–Crippen MR) is 170 cm³/mol. The van der Waals surface area contributed by atoms with Crippen molar-refractivity contribution in [1.29, 1.82) is 0 Å². The van der Waals surface area contributed by atoms with Crippen molar-refractivity contribution in [3.63, 3.8) is 0 Å². The average Bonchev–Trinajstić information content (AvgIpc) is 2.99. The normalized spacial score (nSPS) is 14.7. The first-order chi connectivity index (χ1) is 19.3. The maximum Gasteiger partial charge on any atom is 0.120 e. The molecule has 4 aromatic carbocycles. The van der Waals surface area contributed by atoms with Gasteiger partial charge in [0.05, 0.1) is 0 Å². The molecule has 0 atom stereocenters. The molecule has 0 saturated heterocycles. The Labute approximate surface area is 242 Å². The average molecular weight is 531 g/mol. The van der Waals surface area contributed by atoms with Crippen LogP contribution in [0.4, 0.5) is 0 Å². The SMILES string of the molecule is CCc1ccc(C(c2ccc(CC)cc2)(c2ccc(-c3ccc(OC(C)(C)C)cc3)cc2)C2CCCCC2)cc1. The van der Waals surface area contributed by atoms with E-state index in [0.29, 0.717) is 5.92 Å². The Bertz CT molecular complexity index is 1300. The van der Waals surface area contributed by atoms with E-state index in [1.807, 2.05) is 0 Å². The highest BCUT2D eigenvalue weighted by Gasteiger charge is 2.43. The number of rotatable bonds is 8. The van der Waals surface area contributed by atoms with Crippen molar-refractivity contribution in [2.75, 3.05) is 0 Å². The molecule has 0 aromatic heterocycles. The van der Waals surface area contributed by atoms with Gasteiger partial charge < -0.3 is 4.74 Å². The molecular formula is C39H46O. The molecule has 0 heterocycles. The van der Waals surface area contributed by atoms with Crippen LogP contribution in [-0.4, -0.2) is 5.60 Å². The molecule has 1 fully saturated rings. The lowest BCUT2D eigenvalue weighted by molar-refractivity contribution is 0.131. The summed E-state index contributed by atoms with van der Waals surface area (Å²) in [5.41, 5.74) is 9.16. The minimum atomic E-state index is -0.198. The fourth-order valence-corrected chi connectivity index (χ4v) is 6.74. The molecule has 1 saturated carbocycles. The third kappa shape index (κ3) is 5.90. The molecule has 0 spiro atoms. The lowest BCUT2D eigenvalue weighted by atomic mass is 9.58. The van der Waals surface area contributed by atoms with E-state index in [-0.39, 0.29) is 11.0 Å². The molecule has 1 aliphatic carbocycles.